The van der Waals surface area contributed by atoms with Crippen molar-refractivity contribution < 1.29 is 29.1 Å². The molecule has 2 aromatic carbocycles. The smallest absolute Gasteiger partial charge is 0.526 e. The van der Waals surface area contributed by atoms with E-state index in [-0.39, 0.29) is 24.7 Å². The van der Waals surface area contributed by atoms with Crippen molar-refractivity contribution in [1.29, 1.82) is 0 Å². The van der Waals surface area contributed by atoms with E-state index < -0.39 is 11.9 Å². The molecule has 0 heterocycles. The van der Waals surface area contributed by atoms with Crippen LogP contribution in [0.1, 0.15) is 49.7 Å². The van der Waals surface area contributed by atoms with Gasteiger partial charge >= 0.3 is 19.6 Å². The Bertz CT molecular complexity index is 726. The first-order valence-electron chi connectivity index (χ1n) is 8.63. The summed E-state index contributed by atoms with van der Waals surface area (Å²) < 4.78 is 11.0. The largest absolute Gasteiger partial charge is 0.658 e. The molecular weight excluding hydrogens is 347 g/mol. The van der Waals surface area contributed by atoms with E-state index in [9.17, 15) is 9.59 Å². The molecule has 0 aromatic heterocycles. The number of carbonyl (C=O) groups is 2. The Morgan fingerprint density at radius 1 is 0.852 bits per heavy atom. The lowest BCUT2D eigenvalue weighted by molar-refractivity contribution is -0.138. The second-order valence-corrected chi connectivity index (χ2v) is 6.47. The van der Waals surface area contributed by atoms with E-state index in [4.69, 9.17) is 19.5 Å². The fourth-order valence-electron chi connectivity index (χ4n) is 2.68. The van der Waals surface area contributed by atoms with E-state index in [0.29, 0.717) is 11.5 Å². The Hall–Kier alpha value is -2.96. The molecule has 2 aromatic rings. The maximum atomic E-state index is 10.8. The van der Waals surface area contributed by atoms with Crippen molar-refractivity contribution in [2.75, 3.05) is 0 Å². The normalized spacial score (nSPS) is 12.7. The third-order valence-corrected chi connectivity index (χ3v) is 4.18. The van der Waals surface area contributed by atoms with E-state index in [0.717, 1.165) is 11.1 Å². The molecule has 1 radical (unpaired) electrons. The predicted molar refractivity (Wildman–Crippen MR) is 101 cm³/mol. The molecule has 7 heteroatoms. The molecule has 27 heavy (non-hydrogen) atoms. The fraction of sp³-hybridized carbons (Fsp3) is 0.300. The molecule has 0 saturated heterocycles. The van der Waals surface area contributed by atoms with Crippen molar-refractivity contribution >= 4 is 19.6 Å². The van der Waals surface area contributed by atoms with Gasteiger partial charge in [0.1, 0.15) is 11.5 Å². The average molecular weight is 369 g/mol. The molecule has 0 saturated carbocycles. The van der Waals surface area contributed by atoms with Gasteiger partial charge in [-0.3, -0.25) is 9.59 Å². The number of rotatable bonds is 10. The minimum Gasteiger partial charge on any atom is -0.526 e. The van der Waals surface area contributed by atoms with Crippen molar-refractivity contribution in [3.8, 4) is 11.5 Å². The number of hydrogen-bond acceptors (Lipinski definition) is 4. The van der Waals surface area contributed by atoms with Gasteiger partial charge in [-0.05, 0) is 47.2 Å². The van der Waals surface area contributed by atoms with Crippen molar-refractivity contribution in [3.05, 3.63) is 59.7 Å². The van der Waals surface area contributed by atoms with Crippen LogP contribution in [-0.4, -0.2) is 29.8 Å². The Labute approximate surface area is 159 Å². The molecule has 0 amide bonds. The van der Waals surface area contributed by atoms with Crippen LogP contribution in [0.15, 0.2) is 48.5 Å². The molecule has 0 spiro atoms. The molecule has 2 atom stereocenters. The zero-order chi connectivity index (χ0) is 19.8. The maximum Gasteiger partial charge on any atom is 0.658 e. The van der Waals surface area contributed by atoms with Crippen LogP contribution >= 0.6 is 0 Å². The summed E-state index contributed by atoms with van der Waals surface area (Å²) in [7, 11) is 1.20. The van der Waals surface area contributed by atoms with E-state index >= 15 is 0 Å². The summed E-state index contributed by atoms with van der Waals surface area (Å²) in [4.78, 5) is 21.7. The molecule has 0 aliphatic carbocycles. The second kappa shape index (κ2) is 9.66. The highest BCUT2D eigenvalue weighted by atomic mass is 16.6. The van der Waals surface area contributed by atoms with Gasteiger partial charge in [0.25, 0.3) is 0 Å². The van der Waals surface area contributed by atoms with Crippen LogP contribution in [-0.2, 0) is 9.59 Å². The Balaban J connectivity index is 1.93. The van der Waals surface area contributed by atoms with Gasteiger partial charge in [-0.2, -0.15) is 0 Å². The third kappa shape index (κ3) is 6.69. The Morgan fingerprint density at radius 3 is 1.63 bits per heavy atom. The summed E-state index contributed by atoms with van der Waals surface area (Å²) in [5.41, 5.74) is 1.74. The monoisotopic (exact) mass is 369 g/mol. The average Bonchev–Trinajstić information content (AvgIpc) is 2.61. The molecule has 2 unspecified atom stereocenters. The Kier molecular flexibility index (Phi) is 7.29. The van der Waals surface area contributed by atoms with Crippen LogP contribution in [0.5, 0.6) is 11.5 Å². The standard InChI is InChI=1S/C20H22BO6/c1-13(9-19(22)23)15-5-3-7-17(11-15)26-21-27-18-8-4-6-16(12-18)14(2)10-20(24)25/h3-8,11-14H,9-10H2,1-2H3,(H,22,23)(H,24,25). The molecule has 6 nitrogen and oxygen atoms in total. The molecular formula is C20H22BO6. The molecule has 2 N–H and O–H groups in total. The van der Waals surface area contributed by atoms with Crippen molar-refractivity contribution in [2.45, 2.75) is 38.5 Å². The van der Waals surface area contributed by atoms with Gasteiger partial charge in [0.15, 0.2) is 0 Å². The highest BCUT2D eigenvalue weighted by molar-refractivity contribution is 6.20. The topological polar surface area (TPSA) is 93.1 Å². The number of hydrogen-bond donors (Lipinski definition) is 2. The summed E-state index contributed by atoms with van der Waals surface area (Å²) in [6, 6.07) is 14.4. The SMILES string of the molecule is CC(CC(=O)O)c1cccc(O[B]Oc2cccc(C(C)CC(=O)O)c2)c1. The second-order valence-electron chi connectivity index (χ2n) is 6.47. The third-order valence-electron chi connectivity index (χ3n) is 4.18. The van der Waals surface area contributed by atoms with Gasteiger partial charge in [0.05, 0.1) is 12.8 Å². The molecule has 2 rings (SSSR count). The first-order chi connectivity index (χ1) is 12.8. The van der Waals surface area contributed by atoms with Crippen LogP contribution in [0.4, 0.5) is 0 Å². The number of carboxylic acid groups (broad SMARTS) is 2. The highest BCUT2D eigenvalue weighted by Crippen LogP contribution is 2.25. The van der Waals surface area contributed by atoms with Crippen molar-refractivity contribution in [1.82, 2.24) is 0 Å². The van der Waals surface area contributed by atoms with E-state index in [2.05, 4.69) is 0 Å². The minimum absolute atomic E-state index is 0.0466. The number of benzene rings is 2. The van der Waals surface area contributed by atoms with Gasteiger partial charge in [-0.15, -0.1) is 0 Å². The molecule has 0 aliphatic heterocycles. The van der Waals surface area contributed by atoms with Crippen LogP contribution in [0.2, 0.25) is 0 Å². The lowest BCUT2D eigenvalue weighted by Crippen LogP contribution is -2.12. The van der Waals surface area contributed by atoms with Gasteiger partial charge in [-0.25, -0.2) is 0 Å². The zero-order valence-electron chi connectivity index (χ0n) is 15.3. The van der Waals surface area contributed by atoms with Crippen LogP contribution < -0.4 is 9.31 Å². The summed E-state index contributed by atoms with van der Waals surface area (Å²) in [5.74, 6) is -0.861. The molecule has 141 valence electrons. The van der Waals surface area contributed by atoms with Gasteiger partial charge in [0.2, 0.25) is 0 Å². The predicted octanol–water partition coefficient (Wildman–Crippen LogP) is 3.84. The van der Waals surface area contributed by atoms with Gasteiger partial charge in [-0.1, -0.05) is 38.1 Å². The van der Waals surface area contributed by atoms with E-state index in [1.807, 2.05) is 26.0 Å². The molecule has 0 bridgehead atoms. The maximum absolute atomic E-state index is 10.8. The van der Waals surface area contributed by atoms with Crippen LogP contribution in [0.25, 0.3) is 0 Å². The minimum atomic E-state index is -0.847. The van der Waals surface area contributed by atoms with Crippen LogP contribution in [0.3, 0.4) is 0 Å². The lowest BCUT2D eigenvalue weighted by Gasteiger charge is -2.13. The summed E-state index contributed by atoms with van der Waals surface area (Å²) in [5, 5.41) is 17.8. The van der Waals surface area contributed by atoms with Crippen molar-refractivity contribution in [3.63, 3.8) is 0 Å². The zero-order valence-corrected chi connectivity index (χ0v) is 15.3. The van der Waals surface area contributed by atoms with E-state index in [1.54, 1.807) is 36.4 Å². The Morgan fingerprint density at radius 2 is 1.26 bits per heavy atom. The van der Waals surface area contributed by atoms with Crippen LogP contribution in [0, 0.1) is 0 Å². The fourth-order valence-corrected chi connectivity index (χ4v) is 2.68. The first-order valence-corrected chi connectivity index (χ1v) is 8.63. The highest BCUT2D eigenvalue weighted by Gasteiger charge is 2.13. The van der Waals surface area contributed by atoms with Gasteiger partial charge < -0.3 is 19.5 Å². The summed E-state index contributed by atoms with van der Waals surface area (Å²) in [6.45, 7) is 3.69. The lowest BCUT2D eigenvalue weighted by atomic mass is 9.97. The summed E-state index contributed by atoms with van der Waals surface area (Å²) in [6.07, 6.45) is 0.0932. The summed E-state index contributed by atoms with van der Waals surface area (Å²) >= 11 is 0. The molecule has 0 fully saturated rings. The van der Waals surface area contributed by atoms with Crippen molar-refractivity contribution in [2.24, 2.45) is 0 Å². The van der Waals surface area contributed by atoms with E-state index in [1.165, 1.54) is 7.69 Å². The molecule has 0 aliphatic rings. The quantitative estimate of drug-likeness (QED) is 0.618. The number of aliphatic carboxylic acids is 2. The first kappa shape index (κ1) is 20.4. The van der Waals surface area contributed by atoms with Gasteiger partial charge in [0, 0.05) is 0 Å². The number of carboxylic acids is 2.